The monoisotopic (exact) mass is 378 g/mol. The molecule has 0 spiro atoms. The van der Waals surface area contributed by atoms with E-state index in [0.29, 0.717) is 16.3 Å². The van der Waals surface area contributed by atoms with Gasteiger partial charge in [0.25, 0.3) is 5.91 Å². The second-order valence-corrected chi connectivity index (χ2v) is 6.00. The molecule has 0 bridgehead atoms. The molecule has 2 aromatic rings. The Labute approximate surface area is 153 Å². The lowest BCUT2D eigenvalue weighted by atomic mass is 10.1. The van der Waals surface area contributed by atoms with E-state index in [4.69, 9.17) is 27.9 Å². The number of urea groups is 1. The number of phenols is 1. The van der Waals surface area contributed by atoms with E-state index in [1.807, 2.05) is 0 Å². The number of nitrogens with zero attached hydrogens (tertiary/aromatic N) is 1. The highest BCUT2D eigenvalue weighted by atomic mass is 35.5. The number of imide groups is 1. The van der Waals surface area contributed by atoms with E-state index in [1.165, 1.54) is 25.3 Å². The zero-order chi connectivity index (χ0) is 18.1. The quantitative estimate of drug-likeness (QED) is 0.628. The van der Waals surface area contributed by atoms with Gasteiger partial charge in [0.05, 0.1) is 17.8 Å². The van der Waals surface area contributed by atoms with E-state index in [2.05, 4.69) is 5.32 Å². The summed E-state index contributed by atoms with van der Waals surface area (Å²) in [6.45, 7) is 0. The van der Waals surface area contributed by atoms with Gasteiger partial charge in [0.2, 0.25) is 0 Å². The third kappa shape index (κ3) is 3.26. The lowest BCUT2D eigenvalue weighted by molar-refractivity contribution is -0.113. The normalized spacial score (nSPS) is 15.6. The molecule has 2 N–H and O–H groups in total. The fraction of sp³-hybridized carbons (Fsp3) is 0.0588. The molecule has 0 aliphatic carbocycles. The molecule has 0 unspecified atom stereocenters. The molecule has 128 valence electrons. The van der Waals surface area contributed by atoms with Gasteiger partial charge in [-0.3, -0.25) is 4.79 Å². The average molecular weight is 379 g/mol. The van der Waals surface area contributed by atoms with Gasteiger partial charge in [-0.1, -0.05) is 23.2 Å². The van der Waals surface area contributed by atoms with Crippen LogP contribution in [0.3, 0.4) is 0 Å². The van der Waals surface area contributed by atoms with Gasteiger partial charge < -0.3 is 15.2 Å². The molecule has 1 aliphatic rings. The van der Waals surface area contributed by atoms with Crippen molar-refractivity contribution in [2.45, 2.75) is 0 Å². The summed E-state index contributed by atoms with van der Waals surface area (Å²) < 4.78 is 5.02. The zero-order valence-corrected chi connectivity index (χ0v) is 14.4. The smallest absolute Gasteiger partial charge is 0.333 e. The second-order valence-electron chi connectivity index (χ2n) is 5.16. The lowest BCUT2D eigenvalue weighted by Crippen LogP contribution is -2.30. The van der Waals surface area contributed by atoms with Gasteiger partial charge in [0, 0.05) is 5.02 Å². The molecule has 25 heavy (non-hydrogen) atoms. The Morgan fingerprint density at radius 3 is 2.48 bits per heavy atom. The number of rotatable bonds is 3. The number of anilines is 1. The highest BCUT2D eigenvalue weighted by Gasteiger charge is 2.34. The standard InChI is InChI=1S/C17H12Cl2N2O4/c1-25-14-8-9(6-12(19)15(14)22)7-13-16(23)21(17(24)20-13)11-4-2-10(18)3-5-11/h2-8,22H,1H3,(H,20,24)/b13-7+. The molecule has 0 atom stereocenters. The predicted molar refractivity (Wildman–Crippen MR) is 95.1 cm³/mol. The maximum absolute atomic E-state index is 12.5. The molecule has 8 heteroatoms. The topological polar surface area (TPSA) is 78.9 Å². The number of carbonyl (C=O) groups is 2. The third-order valence-electron chi connectivity index (χ3n) is 3.54. The van der Waals surface area contributed by atoms with Crippen molar-refractivity contribution in [3.63, 3.8) is 0 Å². The van der Waals surface area contributed by atoms with Gasteiger partial charge in [-0.15, -0.1) is 0 Å². The average Bonchev–Trinajstić information content (AvgIpc) is 2.85. The van der Waals surface area contributed by atoms with Crippen LogP contribution in [0.5, 0.6) is 11.5 Å². The molecule has 0 aromatic heterocycles. The number of hydrogen-bond donors (Lipinski definition) is 2. The molecule has 2 aromatic carbocycles. The van der Waals surface area contributed by atoms with E-state index in [-0.39, 0.29) is 22.2 Å². The van der Waals surface area contributed by atoms with E-state index in [0.717, 1.165) is 4.90 Å². The molecule has 1 aliphatic heterocycles. The van der Waals surface area contributed by atoms with Crippen LogP contribution in [-0.4, -0.2) is 24.2 Å². The van der Waals surface area contributed by atoms with E-state index < -0.39 is 11.9 Å². The first-order valence-electron chi connectivity index (χ1n) is 7.10. The highest BCUT2D eigenvalue weighted by Crippen LogP contribution is 2.35. The number of ether oxygens (including phenoxy) is 1. The fourth-order valence-corrected chi connectivity index (χ4v) is 2.70. The molecular formula is C17H12Cl2N2O4. The van der Waals surface area contributed by atoms with Crippen LogP contribution in [0.1, 0.15) is 5.56 Å². The van der Waals surface area contributed by atoms with Crippen molar-refractivity contribution < 1.29 is 19.4 Å². The van der Waals surface area contributed by atoms with Crippen LogP contribution in [0.25, 0.3) is 6.08 Å². The van der Waals surface area contributed by atoms with Gasteiger partial charge in [0.15, 0.2) is 11.5 Å². The Morgan fingerprint density at radius 2 is 1.84 bits per heavy atom. The van der Waals surface area contributed by atoms with Crippen molar-refractivity contribution in [2.75, 3.05) is 12.0 Å². The van der Waals surface area contributed by atoms with Gasteiger partial charge >= 0.3 is 6.03 Å². The Balaban J connectivity index is 1.95. The molecule has 3 rings (SSSR count). The van der Waals surface area contributed by atoms with Crippen LogP contribution < -0.4 is 15.0 Å². The molecule has 1 saturated heterocycles. The molecule has 0 radical (unpaired) electrons. The number of methoxy groups -OCH3 is 1. The number of amides is 3. The second kappa shape index (κ2) is 6.66. The number of carbonyl (C=O) groups excluding carboxylic acids is 2. The van der Waals surface area contributed by atoms with Crippen LogP contribution in [0.2, 0.25) is 10.0 Å². The Bertz CT molecular complexity index is 894. The minimum atomic E-state index is -0.574. The van der Waals surface area contributed by atoms with Crippen LogP contribution in [0.15, 0.2) is 42.1 Å². The summed E-state index contributed by atoms with van der Waals surface area (Å²) in [6, 6.07) is 8.70. The molecular weight excluding hydrogens is 367 g/mol. The van der Waals surface area contributed by atoms with Crippen molar-refractivity contribution in [3.05, 3.63) is 57.7 Å². The molecule has 0 saturated carbocycles. The number of nitrogens with one attached hydrogen (secondary N) is 1. The number of benzene rings is 2. The van der Waals surface area contributed by atoms with Gasteiger partial charge in [-0.25, -0.2) is 9.69 Å². The van der Waals surface area contributed by atoms with Gasteiger partial charge in [-0.05, 0) is 48.0 Å². The predicted octanol–water partition coefficient (Wildman–Crippen LogP) is 3.80. The molecule has 6 nitrogen and oxygen atoms in total. The fourth-order valence-electron chi connectivity index (χ4n) is 2.36. The minimum Gasteiger partial charge on any atom is -0.503 e. The summed E-state index contributed by atoms with van der Waals surface area (Å²) in [5.74, 6) is -0.558. The molecule has 1 heterocycles. The van der Waals surface area contributed by atoms with Crippen molar-refractivity contribution in [1.82, 2.24) is 5.32 Å². The number of halogens is 2. The molecule has 1 fully saturated rings. The van der Waals surface area contributed by atoms with Crippen molar-refractivity contribution >= 4 is 46.9 Å². The maximum Gasteiger partial charge on any atom is 0.333 e. The first-order chi connectivity index (χ1) is 11.9. The number of hydrogen-bond acceptors (Lipinski definition) is 4. The first-order valence-corrected chi connectivity index (χ1v) is 7.85. The molecule has 3 amide bonds. The summed E-state index contributed by atoms with van der Waals surface area (Å²) >= 11 is 11.8. The van der Waals surface area contributed by atoms with Crippen molar-refractivity contribution in [2.24, 2.45) is 0 Å². The first kappa shape index (κ1) is 17.1. The van der Waals surface area contributed by atoms with E-state index in [1.54, 1.807) is 24.3 Å². The van der Waals surface area contributed by atoms with Crippen molar-refractivity contribution in [1.29, 1.82) is 0 Å². The summed E-state index contributed by atoms with van der Waals surface area (Å²) in [5.41, 5.74) is 0.960. The minimum absolute atomic E-state index is 0.0672. The Morgan fingerprint density at radius 1 is 1.16 bits per heavy atom. The van der Waals surface area contributed by atoms with Crippen LogP contribution in [-0.2, 0) is 4.79 Å². The lowest BCUT2D eigenvalue weighted by Gasteiger charge is -2.11. The summed E-state index contributed by atoms with van der Waals surface area (Å²) in [4.78, 5) is 25.7. The number of aromatic hydroxyl groups is 1. The van der Waals surface area contributed by atoms with Crippen molar-refractivity contribution in [3.8, 4) is 11.5 Å². The van der Waals surface area contributed by atoms with E-state index in [9.17, 15) is 14.7 Å². The Kier molecular flexibility index (Phi) is 4.57. The van der Waals surface area contributed by atoms with Crippen LogP contribution >= 0.6 is 23.2 Å². The summed E-state index contributed by atoms with van der Waals surface area (Å²) in [6.07, 6.45) is 1.45. The van der Waals surface area contributed by atoms with Gasteiger partial charge in [-0.2, -0.15) is 0 Å². The third-order valence-corrected chi connectivity index (χ3v) is 4.08. The van der Waals surface area contributed by atoms with Crippen LogP contribution in [0.4, 0.5) is 10.5 Å². The van der Waals surface area contributed by atoms with Crippen LogP contribution in [0, 0.1) is 0 Å². The summed E-state index contributed by atoms with van der Waals surface area (Å²) in [5, 5.41) is 12.8. The largest absolute Gasteiger partial charge is 0.503 e. The highest BCUT2D eigenvalue weighted by molar-refractivity contribution is 6.33. The maximum atomic E-state index is 12.5. The zero-order valence-electron chi connectivity index (χ0n) is 12.9. The summed E-state index contributed by atoms with van der Waals surface area (Å²) in [7, 11) is 1.38. The Hall–Kier alpha value is -2.70. The van der Waals surface area contributed by atoms with E-state index >= 15 is 0 Å². The van der Waals surface area contributed by atoms with Gasteiger partial charge in [0.1, 0.15) is 5.70 Å². The SMILES string of the molecule is COc1cc(/C=C2/NC(=O)N(c3ccc(Cl)cc3)C2=O)cc(Cl)c1O. The number of phenolic OH excluding ortho intramolecular Hbond substituents is 1.